The summed E-state index contributed by atoms with van der Waals surface area (Å²) in [6, 6.07) is 1.74. The molecule has 0 heterocycles. The lowest BCUT2D eigenvalue weighted by atomic mass is 10.3. The molecule has 0 bridgehead atoms. The molecule has 0 aliphatic carbocycles. The highest BCUT2D eigenvalue weighted by molar-refractivity contribution is 9.11. The summed E-state index contributed by atoms with van der Waals surface area (Å²) in [7, 11) is 0. The van der Waals surface area contributed by atoms with Gasteiger partial charge in [0.15, 0.2) is 5.75 Å². The molecule has 0 saturated carbocycles. The van der Waals surface area contributed by atoms with Crippen LogP contribution in [-0.4, -0.2) is 11.7 Å². The molecule has 1 aromatic carbocycles. The van der Waals surface area contributed by atoms with E-state index in [2.05, 4.69) is 47.8 Å². The summed E-state index contributed by atoms with van der Waals surface area (Å²) in [5.74, 6) is 0.759. The second-order valence-electron chi connectivity index (χ2n) is 2.26. The topological polar surface area (TPSA) is 29.5 Å². The number of aromatic hydroxyl groups is 1. The maximum Gasteiger partial charge on any atom is 0.151 e. The third kappa shape index (κ3) is 2.39. The molecule has 5 heteroatoms. The van der Waals surface area contributed by atoms with Crippen LogP contribution in [0.3, 0.4) is 0 Å². The van der Waals surface area contributed by atoms with Gasteiger partial charge in [-0.2, -0.15) is 0 Å². The van der Waals surface area contributed by atoms with Gasteiger partial charge in [0, 0.05) is 0 Å². The highest BCUT2D eigenvalue weighted by Crippen LogP contribution is 2.44. The fourth-order valence-corrected chi connectivity index (χ4v) is 3.19. The van der Waals surface area contributed by atoms with Crippen LogP contribution in [0.5, 0.6) is 11.5 Å². The van der Waals surface area contributed by atoms with Crippen LogP contribution in [-0.2, 0) is 0 Å². The molecular formula is C8H7Br3O2. The summed E-state index contributed by atoms with van der Waals surface area (Å²) in [6.07, 6.45) is 0. The number of hydrogen-bond donors (Lipinski definition) is 1. The Kier molecular flexibility index (Phi) is 4.06. The molecular weight excluding hydrogens is 368 g/mol. The van der Waals surface area contributed by atoms with Crippen molar-refractivity contribution in [3.8, 4) is 11.5 Å². The first-order chi connectivity index (χ1) is 6.07. The molecule has 0 unspecified atom stereocenters. The smallest absolute Gasteiger partial charge is 0.151 e. The van der Waals surface area contributed by atoms with Crippen molar-refractivity contribution >= 4 is 47.8 Å². The van der Waals surface area contributed by atoms with E-state index in [0.29, 0.717) is 21.3 Å². The summed E-state index contributed by atoms with van der Waals surface area (Å²) >= 11 is 9.80. The Hall–Kier alpha value is 0.260. The number of phenolic OH excluding ortho intramolecular Hbond substituents is 1. The second kappa shape index (κ2) is 4.66. The lowest BCUT2D eigenvalue weighted by Crippen LogP contribution is -1.93. The highest BCUT2D eigenvalue weighted by Gasteiger charge is 2.13. The van der Waals surface area contributed by atoms with Gasteiger partial charge in [-0.05, 0) is 60.8 Å². The van der Waals surface area contributed by atoms with Gasteiger partial charge in [0.05, 0.1) is 15.6 Å². The maximum atomic E-state index is 9.54. The SMILES string of the molecule is CCOc1c(Br)cc(Br)c(O)c1Br. The molecule has 0 aliphatic heterocycles. The minimum atomic E-state index is 0.145. The predicted molar refractivity (Wildman–Crippen MR) is 62.4 cm³/mol. The van der Waals surface area contributed by atoms with Gasteiger partial charge in [0.1, 0.15) is 10.2 Å². The van der Waals surface area contributed by atoms with Crippen LogP contribution in [0.4, 0.5) is 0 Å². The molecule has 0 aromatic heterocycles. The number of phenols is 1. The van der Waals surface area contributed by atoms with Crippen molar-refractivity contribution in [2.75, 3.05) is 6.61 Å². The molecule has 72 valence electrons. The largest absolute Gasteiger partial charge is 0.505 e. The van der Waals surface area contributed by atoms with Gasteiger partial charge in [-0.25, -0.2) is 0 Å². The van der Waals surface area contributed by atoms with Crippen molar-refractivity contribution in [2.24, 2.45) is 0 Å². The normalized spacial score (nSPS) is 10.2. The fourth-order valence-electron chi connectivity index (χ4n) is 0.839. The quantitative estimate of drug-likeness (QED) is 0.845. The highest BCUT2D eigenvalue weighted by atomic mass is 79.9. The standard InChI is InChI=1S/C8H7Br3O2/c1-2-13-8-5(10)3-4(9)7(12)6(8)11/h3,12H,2H2,1H3. The molecule has 13 heavy (non-hydrogen) atoms. The summed E-state index contributed by atoms with van der Waals surface area (Å²) in [4.78, 5) is 0. The first kappa shape index (κ1) is 11.3. The Morgan fingerprint density at radius 3 is 2.46 bits per heavy atom. The van der Waals surface area contributed by atoms with E-state index in [1.165, 1.54) is 0 Å². The van der Waals surface area contributed by atoms with E-state index in [1.54, 1.807) is 6.07 Å². The van der Waals surface area contributed by atoms with Gasteiger partial charge < -0.3 is 9.84 Å². The monoisotopic (exact) mass is 372 g/mol. The zero-order valence-corrected chi connectivity index (χ0v) is 11.5. The average molecular weight is 375 g/mol. The summed E-state index contributed by atoms with van der Waals surface area (Å²) in [5, 5.41) is 9.54. The third-order valence-electron chi connectivity index (χ3n) is 1.39. The van der Waals surface area contributed by atoms with Crippen LogP contribution in [0.25, 0.3) is 0 Å². The minimum Gasteiger partial charge on any atom is -0.505 e. The number of hydrogen-bond acceptors (Lipinski definition) is 2. The Balaban J connectivity index is 3.26. The van der Waals surface area contributed by atoms with Crippen molar-refractivity contribution < 1.29 is 9.84 Å². The molecule has 1 rings (SSSR count). The molecule has 0 radical (unpaired) electrons. The van der Waals surface area contributed by atoms with Crippen LogP contribution in [0.15, 0.2) is 19.5 Å². The predicted octanol–water partition coefficient (Wildman–Crippen LogP) is 4.08. The average Bonchev–Trinajstić information content (AvgIpc) is 2.09. The number of benzene rings is 1. The van der Waals surface area contributed by atoms with E-state index in [-0.39, 0.29) is 5.75 Å². The Morgan fingerprint density at radius 2 is 1.92 bits per heavy atom. The van der Waals surface area contributed by atoms with Gasteiger partial charge in [-0.15, -0.1) is 0 Å². The molecule has 2 nitrogen and oxygen atoms in total. The van der Waals surface area contributed by atoms with Crippen molar-refractivity contribution in [1.29, 1.82) is 0 Å². The number of ether oxygens (including phenoxy) is 1. The Morgan fingerprint density at radius 1 is 1.31 bits per heavy atom. The van der Waals surface area contributed by atoms with E-state index in [0.717, 1.165) is 4.47 Å². The fraction of sp³-hybridized carbons (Fsp3) is 0.250. The molecule has 0 aliphatic rings. The third-order valence-corrected chi connectivity index (χ3v) is 3.32. The van der Waals surface area contributed by atoms with Gasteiger partial charge in [-0.3, -0.25) is 0 Å². The van der Waals surface area contributed by atoms with Crippen molar-refractivity contribution in [2.45, 2.75) is 6.92 Å². The number of halogens is 3. The first-order valence-corrected chi connectivity index (χ1v) is 5.95. The Labute approximate surface area is 102 Å². The lowest BCUT2D eigenvalue weighted by molar-refractivity contribution is 0.332. The molecule has 0 amide bonds. The van der Waals surface area contributed by atoms with E-state index in [1.807, 2.05) is 6.92 Å². The van der Waals surface area contributed by atoms with Crippen molar-refractivity contribution in [1.82, 2.24) is 0 Å². The molecule has 0 fully saturated rings. The minimum absolute atomic E-state index is 0.145. The van der Waals surface area contributed by atoms with Crippen LogP contribution in [0.1, 0.15) is 6.92 Å². The second-order valence-corrected chi connectivity index (χ2v) is 4.77. The molecule has 0 atom stereocenters. The van der Waals surface area contributed by atoms with E-state index in [9.17, 15) is 5.11 Å². The van der Waals surface area contributed by atoms with Crippen LogP contribution in [0.2, 0.25) is 0 Å². The van der Waals surface area contributed by atoms with Gasteiger partial charge in [-0.1, -0.05) is 0 Å². The van der Waals surface area contributed by atoms with Crippen LogP contribution in [0, 0.1) is 0 Å². The maximum absolute atomic E-state index is 9.54. The summed E-state index contributed by atoms with van der Waals surface area (Å²) in [6.45, 7) is 2.44. The molecule has 0 saturated heterocycles. The summed E-state index contributed by atoms with van der Waals surface area (Å²) < 4.78 is 7.30. The molecule has 1 aromatic rings. The van der Waals surface area contributed by atoms with E-state index in [4.69, 9.17) is 4.74 Å². The van der Waals surface area contributed by atoms with Crippen LogP contribution >= 0.6 is 47.8 Å². The zero-order chi connectivity index (χ0) is 10.0. The van der Waals surface area contributed by atoms with Gasteiger partial charge in [0.2, 0.25) is 0 Å². The van der Waals surface area contributed by atoms with E-state index < -0.39 is 0 Å². The molecule has 0 spiro atoms. The Bertz CT molecular complexity index is 326. The summed E-state index contributed by atoms with van der Waals surface area (Å²) in [5.41, 5.74) is 0. The lowest BCUT2D eigenvalue weighted by Gasteiger charge is -2.10. The van der Waals surface area contributed by atoms with E-state index >= 15 is 0 Å². The van der Waals surface area contributed by atoms with Crippen molar-refractivity contribution in [3.05, 3.63) is 19.5 Å². The first-order valence-electron chi connectivity index (χ1n) is 3.57. The zero-order valence-electron chi connectivity index (χ0n) is 6.77. The van der Waals surface area contributed by atoms with Crippen LogP contribution < -0.4 is 4.74 Å². The number of rotatable bonds is 2. The van der Waals surface area contributed by atoms with Gasteiger partial charge in [0.25, 0.3) is 0 Å². The van der Waals surface area contributed by atoms with Gasteiger partial charge >= 0.3 is 0 Å². The molecule has 1 N–H and O–H groups in total. The van der Waals surface area contributed by atoms with Crippen molar-refractivity contribution in [3.63, 3.8) is 0 Å².